The van der Waals surface area contributed by atoms with E-state index in [1.807, 2.05) is 0 Å². The van der Waals surface area contributed by atoms with Gasteiger partial charge in [-0.2, -0.15) is 0 Å². The zero-order valence-corrected chi connectivity index (χ0v) is 14.8. The third-order valence-corrected chi connectivity index (χ3v) is 3.41. The maximum Gasteiger partial charge on any atom is 0.343 e. The van der Waals surface area contributed by atoms with Crippen molar-refractivity contribution in [2.24, 2.45) is 5.73 Å². The molecule has 4 N–H and O–H groups in total. The summed E-state index contributed by atoms with van der Waals surface area (Å²) in [6.07, 6.45) is 0. The number of amides is 3. The van der Waals surface area contributed by atoms with Crippen molar-refractivity contribution in [2.75, 3.05) is 31.5 Å². The molecular weight excluding hydrogens is 354 g/mol. The number of ether oxygens (including phenoxy) is 3. The van der Waals surface area contributed by atoms with Gasteiger partial charge in [-0.1, -0.05) is 0 Å². The maximum absolute atomic E-state index is 12.4. The van der Waals surface area contributed by atoms with Crippen LogP contribution < -0.4 is 25.8 Å². The molecule has 0 atom stereocenters. The van der Waals surface area contributed by atoms with Crippen molar-refractivity contribution in [3.63, 3.8) is 0 Å². The lowest BCUT2D eigenvalue weighted by Crippen LogP contribution is -2.19. The van der Waals surface area contributed by atoms with Gasteiger partial charge >= 0.3 is 12.0 Å². The lowest BCUT2D eigenvalue weighted by Gasteiger charge is -2.12. The SMILES string of the molecule is COC(=O)COc1ccc(C(=O)Nc2ccc(NC(N)=O)cc2)cc1OC. The van der Waals surface area contributed by atoms with Crippen molar-refractivity contribution in [1.82, 2.24) is 0 Å². The Morgan fingerprint density at radius 1 is 0.926 bits per heavy atom. The van der Waals surface area contributed by atoms with Gasteiger partial charge in [-0.3, -0.25) is 4.79 Å². The summed E-state index contributed by atoms with van der Waals surface area (Å²) < 4.78 is 15.0. The van der Waals surface area contributed by atoms with Gasteiger partial charge in [0, 0.05) is 16.9 Å². The Morgan fingerprint density at radius 2 is 1.56 bits per heavy atom. The number of carbonyl (C=O) groups excluding carboxylic acids is 3. The van der Waals surface area contributed by atoms with Crippen LogP contribution in [0.15, 0.2) is 42.5 Å². The number of rotatable bonds is 7. The van der Waals surface area contributed by atoms with Gasteiger partial charge in [-0.05, 0) is 42.5 Å². The van der Waals surface area contributed by atoms with E-state index in [9.17, 15) is 14.4 Å². The van der Waals surface area contributed by atoms with Gasteiger partial charge in [-0.25, -0.2) is 9.59 Å². The first-order valence-corrected chi connectivity index (χ1v) is 7.78. The monoisotopic (exact) mass is 373 g/mol. The summed E-state index contributed by atoms with van der Waals surface area (Å²) in [5.74, 6) is -0.300. The van der Waals surface area contributed by atoms with E-state index < -0.39 is 12.0 Å². The molecule has 142 valence electrons. The summed E-state index contributed by atoms with van der Waals surface area (Å²) in [6.45, 7) is -0.274. The van der Waals surface area contributed by atoms with Crippen LogP contribution in [0.5, 0.6) is 11.5 Å². The minimum Gasteiger partial charge on any atom is -0.493 e. The number of hydrogen-bond donors (Lipinski definition) is 3. The fraction of sp³-hybridized carbons (Fsp3) is 0.167. The average Bonchev–Trinajstić information content (AvgIpc) is 2.66. The molecule has 0 aromatic heterocycles. The molecule has 0 aliphatic rings. The first kappa shape index (κ1) is 19.6. The molecule has 27 heavy (non-hydrogen) atoms. The summed E-state index contributed by atoms with van der Waals surface area (Å²) in [5, 5.41) is 5.14. The standard InChI is InChI=1S/C18H19N3O6/c1-25-15-9-11(3-8-14(15)27-10-16(22)26-2)17(23)20-12-4-6-13(7-5-12)21-18(19)24/h3-9H,10H2,1-2H3,(H,20,23)(H3,19,21,24). The topological polar surface area (TPSA) is 129 Å². The molecule has 9 nitrogen and oxygen atoms in total. The number of methoxy groups -OCH3 is 2. The molecule has 0 aliphatic heterocycles. The highest BCUT2D eigenvalue weighted by atomic mass is 16.6. The molecule has 2 aromatic rings. The number of hydrogen-bond acceptors (Lipinski definition) is 6. The van der Waals surface area contributed by atoms with E-state index in [1.54, 1.807) is 24.3 Å². The molecule has 0 saturated carbocycles. The van der Waals surface area contributed by atoms with Crippen molar-refractivity contribution in [3.05, 3.63) is 48.0 Å². The second kappa shape index (κ2) is 9.09. The van der Waals surface area contributed by atoms with Crippen LogP contribution in [-0.4, -0.2) is 38.7 Å². The summed E-state index contributed by atoms with van der Waals surface area (Å²) in [7, 11) is 2.68. The Morgan fingerprint density at radius 3 is 2.11 bits per heavy atom. The first-order valence-electron chi connectivity index (χ1n) is 7.78. The normalized spacial score (nSPS) is 9.85. The number of benzene rings is 2. The summed E-state index contributed by atoms with van der Waals surface area (Å²) >= 11 is 0. The van der Waals surface area contributed by atoms with Crippen molar-refractivity contribution >= 4 is 29.3 Å². The lowest BCUT2D eigenvalue weighted by atomic mass is 10.1. The maximum atomic E-state index is 12.4. The van der Waals surface area contributed by atoms with Crippen LogP contribution in [0.25, 0.3) is 0 Å². The number of nitrogens with two attached hydrogens (primary N) is 1. The molecular formula is C18H19N3O6. The number of anilines is 2. The van der Waals surface area contributed by atoms with Gasteiger partial charge < -0.3 is 30.6 Å². The highest BCUT2D eigenvalue weighted by Gasteiger charge is 2.13. The highest BCUT2D eigenvalue weighted by molar-refractivity contribution is 6.04. The molecule has 0 unspecified atom stereocenters. The predicted molar refractivity (Wildman–Crippen MR) is 98.1 cm³/mol. The molecule has 0 heterocycles. The lowest BCUT2D eigenvalue weighted by molar-refractivity contribution is -0.142. The molecule has 0 fully saturated rings. The minimum absolute atomic E-state index is 0.274. The van der Waals surface area contributed by atoms with Crippen molar-refractivity contribution in [1.29, 1.82) is 0 Å². The molecule has 0 spiro atoms. The van der Waals surface area contributed by atoms with Gasteiger partial charge in [0.15, 0.2) is 18.1 Å². The highest BCUT2D eigenvalue weighted by Crippen LogP contribution is 2.28. The predicted octanol–water partition coefficient (Wildman–Crippen LogP) is 1.99. The van der Waals surface area contributed by atoms with Gasteiger partial charge in [0.1, 0.15) is 0 Å². The fourth-order valence-corrected chi connectivity index (χ4v) is 2.11. The third kappa shape index (κ3) is 5.63. The van der Waals surface area contributed by atoms with Crippen LogP contribution in [-0.2, 0) is 9.53 Å². The Balaban J connectivity index is 2.07. The van der Waals surface area contributed by atoms with E-state index >= 15 is 0 Å². The third-order valence-electron chi connectivity index (χ3n) is 3.41. The Kier molecular flexibility index (Phi) is 6.59. The van der Waals surface area contributed by atoms with E-state index in [4.69, 9.17) is 15.2 Å². The van der Waals surface area contributed by atoms with Crippen LogP contribution in [0.4, 0.5) is 16.2 Å². The largest absolute Gasteiger partial charge is 0.493 e. The second-order valence-corrected chi connectivity index (χ2v) is 5.25. The molecule has 9 heteroatoms. The van der Waals surface area contributed by atoms with Gasteiger partial charge in [0.05, 0.1) is 14.2 Å². The van der Waals surface area contributed by atoms with Crippen molar-refractivity contribution < 1.29 is 28.6 Å². The van der Waals surface area contributed by atoms with Crippen LogP contribution in [0.1, 0.15) is 10.4 Å². The van der Waals surface area contributed by atoms with Gasteiger partial charge in [0.2, 0.25) is 0 Å². The van der Waals surface area contributed by atoms with Crippen LogP contribution in [0, 0.1) is 0 Å². The smallest absolute Gasteiger partial charge is 0.343 e. The van der Waals surface area contributed by atoms with E-state index in [0.29, 0.717) is 28.4 Å². The molecule has 0 aliphatic carbocycles. The number of urea groups is 1. The molecule has 0 bridgehead atoms. The van der Waals surface area contributed by atoms with E-state index in [2.05, 4.69) is 15.4 Å². The van der Waals surface area contributed by atoms with Crippen LogP contribution in [0.2, 0.25) is 0 Å². The first-order chi connectivity index (χ1) is 12.9. The molecule has 0 radical (unpaired) electrons. The quantitative estimate of drug-likeness (QED) is 0.637. The van der Waals surface area contributed by atoms with Crippen LogP contribution in [0.3, 0.4) is 0 Å². The molecule has 3 amide bonds. The Bertz CT molecular complexity index is 835. The number of primary amides is 1. The van der Waals surface area contributed by atoms with Gasteiger partial charge in [0.25, 0.3) is 5.91 Å². The minimum atomic E-state index is -0.673. The number of esters is 1. The summed E-state index contributed by atoms with van der Waals surface area (Å²) in [5.41, 5.74) is 6.40. The fourth-order valence-electron chi connectivity index (χ4n) is 2.11. The van der Waals surface area contributed by atoms with Crippen molar-refractivity contribution in [3.8, 4) is 11.5 Å². The molecule has 0 saturated heterocycles. The summed E-state index contributed by atoms with van der Waals surface area (Å²) in [6, 6.07) is 10.3. The van der Waals surface area contributed by atoms with Crippen LogP contribution >= 0.6 is 0 Å². The zero-order chi connectivity index (χ0) is 19.8. The molecule has 2 rings (SSSR count). The van der Waals surface area contributed by atoms with E-state index in [1.165, 1.54) is 32.4 Å². The number of carbonyl (C=O) groups is 3. The Hall–Kier alpha value is -3.75. The number of nitrogens with one attached hydrogen (secondary N) is 2. The zero-order valence-electron chi connectivity index (χ0n) is 14.8. The van der Waals surface area contributed by atoms with Gasteiger partial charge in [-0.15, -0.1) is 0 Å². The average molecular weight is 373 g/mol. The van der Waals surface area contributed by atoms with E-state index in [-0.39, 0.29) is 12.5 Å². The second-order valence-electron chi connectivity index (χ2n) is 5.25. The van der Waals surface area contributed by atoms with Crippen molar-refractivity contribution in [2.45, 2.75) is 0 Å². The molecule has 2 aromatic carbocycles. The summed E-state index contributed by atoms with van der Waals surface area (Å²) in [4.78, 5) is 34.4. The Labute approximate surface area is 155 Å². The van der Waals surface area contributed by atoms with E-state index in [0.717, 1.165) is 0 Å².